The summed E-state index contributed by atoms with van der Waals surface area (Å²) in [6, 6.07) is 18.1. The monoisotopic (exact) mass is 449 g/mol. The average molecular weight is 450 g/mol. The van der Waals surface area contributed by atoms with E-state index in [1.54, 1.807) is 7.11 Å². The molecule has 33 heavy (non-hydrogen) atoms. The highest BCUT2D eigenvalue weighted by atomic mass is 16.5. The summed E-state index contributed by atoms with van der Waals surface area (Å²) in [5.41, 5.74) is 2.08. The van der Waals surface area contributed by atoms with Crippen molar-refractivity contribution in [2.45, 2.75) is 44.6 Å². The molecule has 1 N–H and O–H groups in total. The Labute approximate surface area is 196 Å². The number of hydrogen-bond donors (Lipinski definition) is 1. The molecule has 0 radical (unpaired) electrons. The van der Waals surface area contributed by atoms with Crippen LogP contribution in [0.4, 0.5) is 5.69 Å². The van der Waals surface area contributed by atoms with E-state index in [2.05, 4.69) is 22.3 Å². The van der Waals surface area contributed by atoms with Crippen LogP contribution in [0.15, 0.2) is 54.6 Å². The van der Waals surface area contributed by atoms with E-state index in [-0.39, 0.29) is 23.8 Å². The van der Waals surface area contributed by atoms with Gasteiger partial charge in [0.15, 0.2) is 0 Å². The maximum Gasteiger partial charge on any atom is 0.236 e. The SMILES string of the molecule is COc1ccc(C2CCCCCN2CC(=O)N2CCC(C(=O)Nc3ccccc3)CC2)cc1. The van der Waals surface area contributed by atoms with E-state index < -0.39 is 0 Å². The lowest BCUT2D eigenvalue weighted by molar-refractivity contribution is -0.136. The lowest BCUT2D eigenvalue weighted by Crippen LogP contribution is -2.46. The molecule has 2 aliphatic rings. The summed E-state index contributed by atoms with van der Waals surface area (Å²) in [5, 5.41) is 3.00. The molecule has 2 fully saturated rings. The molecule has 0 aromatic heterocycles. The Morgan fingerprint density at radius 3 is 2.33 bits per heavy atom. The van der Waals surface area contributed by atoms with Crippen LogP contribution in [-0.4, -0.2) is 54.9 Å². The Morgan fingerprint density at radius 1 is 0.909 bits per heavy atom. The van der Waals surface area contributed by atoms with E-state index in [9.17, 15) is 9.59 Å². The molecule has 0 spiro atoms. The molecule has 4 rings (SSSR count). The van der Waals surface area contributed by atoms with E-state index in [0.717, 1.165) is 30.8 Å². The summed E-state index contributed by atoms with van der Waals surface area (Å²) >= 11 is 0. The maximum absolute atomic E-state index is 13.2. The number of nitrogens with one attached hydrogen (secondary N) is 1. The van der Waals surface area contributed by atoms with Gasteiger partial charge in [-0.3, -0.25) is 14.5 Å². The number of amides is 2. The number of benzene rings is 2. The third-order valence-corrected chi connectivity index (χ3v) is 6.96. The fraction of sp³-hybridized carbons (Fsp3) is 0.481. The van der Waals surface area contributed by atoms with Crippen LogP contribution in [0.5, 0.6) is 5.75 Å². The van der Waals surface area contributed by atoms with E-state index in [0.29, 0.717) is 32.5 Å². The molecule has 2 heterocycles. The van der Waals surface area contributed by atoms with E-state index in [4.69, 9.17) is 4.74 Å². The number of anilines is 1. The topological polar surface area (TPSA) is 61.9 Å². The summed E-state index contributed by atoms with van der Waals surface area (Å²) in [6.07, 6.45) is 6.02. The number of methoxy groups -OCH3 is 1. The molecule has 2 amide bonds. The summed E-state index contributed by atoms with van der Waals surface area (Å²) in [4.78, 5) is 30.1. The molecule has 2 aromatic rings. The number of carbonyl (C=O) groups is 2. The minimum Gasteiger partial charge on any atom is -0.497 e. The van der Waals surface area contributed by atoms with Crippen molar-refractivity contribution >= 4 is 17.5 Å². The standard InChI is InChI=1S/C27H35N3O3/c1-33-24-13-11-21(12-14-24)25-10-6-3-7-17-30(25)20-26(31)29-18-15-22(16-19-29)27(32)28-23-8-4-2-5-9-23/h2,4-5,8-9,11-14,22,25H,3,6-7,10,15-20H2,1H3,(H,28,32). The van der Waals surface area contributed by atoms with Gasteiger partial charge in [-0.2, -0.15) is 0 Å². The van der Waals surface area contributed by atoms with Crippen LogP contribution in [0, 0.1) is 5.92 Å². The normalized spacial score (nSPS) is 20.2. The Kier molecular flexibility index (Phi) is 8.00. The smallest absolute Gasteiger partial charge is 0.236 e. The molecule has 0 saturated carbocycles. The molecule has 0 aliphatic carbocycles. The molecule has 176 valence electrons. The second kappa shape index (κ2) is 11.3. The largest absolute Gasteiger partial charge is 0.497 e. The summed E-state index contributed by atoms with van der Waals surface area (Å²) in [5.74, 6) is 1.05. The lowest BCUT2D eigenvalue weighted by atomic mass is 9.95. The Hall–Kier alpha value is -2.86. The van der Waals surface area contributed by atoms with Crippen LogP contribution in [0.1, 0.15) is 50.1 Å². The molecular weight excluding hydrogens is 414 g/mol. The number of rotatable bonds is 6. The van der Waals surface area contributed by atoms with Crippen molar-refractivity contribution in [1.82, 2.24) is 9.80 Å². The Morgan fingerprint density at radius 2 is 1.64 bits per heavy atom. The molecule has 1 unspecified atom stereocenters. The van der Waals surface area contributed by atoms with E-state index in [1.807, 2.05) is 47.4 Å². The van der Waals surface area contributed by atoms with Crippen molar-refractivity contribution in [3.05, 3.63) is 60.2 Å². The Bertz CT molecular complexity index is 908. The average Bonchev–Trinajstić information content (AvgIpc) is 3.10. The summed E-state index contributed by atoms with van der Waals surface area (Å²) in [7, 11) is 1.68. The summed E-state index contributed by atoms with van der Waals surface area (Å²) < 4.78 is 5.31. The highest BCUT2D eigenvalue weighted by molar-refractivity contribution is 5.92. The summed E-state index contributed by atoms with van der Waals surface area (Å²) in [6.45, 7) is 2.68. The molecule has 2 aliphatic heterocycles. The quantitative estimate of drug-likeness (QED) is 0.706. The number of para-hydroxylation sites is 1. The number of hydrogen-bond acceptors (Lipinski definition) is 4. The van der Waals surface area contributed by atoms with Crippen molar-refractivity contribution in [2.75, 3.05) is 38.6 Å². The zero-order valence-corrected chi connectivity index (χ0v) is 19.5. The fourth-order valence-corrected chi connectivity index (χ4v) is 4.99. The van der Waals surface area contributed by atoms with Gasteiger partial charge in [0.25, 0.3) is 0 Å². The molecular formula is C27H35N3O3. The lowest BCUT2D eigenvalue weighted by Gasteiger charge is -2.35. The first-order chi connectivity index (χ1) is 16.1. The number of likely N-dealkylation sites (tertiary alicyclic amines) is 2. The van der Waals surface area contributed by atoms with Crippen LogP contribution in [0.25, 0.3) is 0 Å². The highest BCUT2D eigenvalue weighted by Crippen LogP contribution is 2.31. The number of carbonyl (C=O) groups excluding carboxylic acids is 2. The van der Waals surface area contributed by atoms with Gasteiger partial charge in [0.05, 0.1) is 13.7 Å². The number of ether oxygens (including phenoxy) is 1. The van der Waals surface area contributed by atoms with Crippen LogP contribution in [-0.2, 0) is 9.59 Å². The van der Waals surface area contributed by atoms with Gasteiger partial charge in [-0.05, 0) is 62.1 Å². The molecule has 6 heteroatoms. The van der Waals surface area contributed by atoms with Crippen molar-refractivity contribution in [3.8, 4) is 5.75 Å². The van der Waals surface area contributed by atoms with Crippen LogP contribution < -0.4 is 10.1 Å². The molecule has 2 saturated heterocycles. The van der Waals surface area contributed by atoms with E-state index in [1.165, 1.54) is 18.4 Å². The molecule has 6 nitrogen and oxygen atoms in total. The van der Waals surface area contributed by atoms with Gasteiger partial charge >= 0.3 is 0 Å². The first kappa shape index (κ1) is 23.3. The predicted molar refractivity (Wildman–Crippen MR) is 130 cm³/mol. The molecule has 0 bridgehead atoms. The van der Waals surface area contributed by atoms with Gasteiger partial charge in [0.2, 0.25) is 11.8 Å². The fourth-order valence-electron chi connectivity index (χ4n) is 4.99. The van der Waals surface area contributed by atoms with Gasteiger partial charge in [-0.1, -0.05) is 43.2 Å². The van der Waals surface area contributed by atoms with Gasteiger partial charge < -0.3 is 15.0 Å². The van der Waals surface area contributed by atoms with Gasteiger partial charge in [0, 0.05) is 30.7 Å². The van der Waals surface area contributed by atoms with Crippen LogP contribution in [0.3, 0.4) is 0 Å². The van der Waals surface area contributed by atoms with E-state index >= 15 is 0 Å². The molecule has 1 atom stereocenters. The van der Waals surface area contributed by atoms with Crippen molar-refractivity contribution in [1.29, 1.82) is 0 Å². The first-order valence-corrected chi connectivity index (χ1v) is 12.2. The maximum atomic E-state index is 13.2. The van der Waals surface area contributed by atoms with Gasteiger partial charge in [-0.15, -0.1) is 0 Å². The molecule has 2 aromatic carbocycles. The first-order valence-electron chi connectivity index (χ1n) is 12.2. The zero-order chi connectivity index (χ0) is 23.0. The second-order valence-electron chi connectivity index (χ2n) is 9.12. The van der Waals surface area contributed by atoms with Crippen molar-refractivity contribution < 1.29 is 14.3 Å². The van der Waals surface area contributed by atoms with Crippen LogP contribution in [0.2, 0.25) is 0 Å². The minimum atomic E-state index is -0.0421. The van der Waals surface area contributed by atoms with Crippen molar-refractivity contribution in [2.24, 2.45) is 5.92 Å². The zero-order valence-electron chi connectivity index (χ0n) is 19.5. The number of nitrogens with zero attached hydrogens (tertiary/aromatic N) is 2. The number of piperidine rings is 1. The highest BCUT2D eigenvalue weighted by Gasteiger charge is 2.30. The third kappa shape index (κ3) is 6.14. The minimum absolute atomic E-state index is 0.0421. The van der Waals surface area contributed by atoms with Gasteiger partial charge in [0.1, 0.15) is 5.75 Å². The third-order valence-electron chi connectivity index (χ3n) is 6.96. The second-order valence-corrected chi connectivity index (χ2v) is 9.12. The Balaban J connectivity index is 1.32. The van der Waals surface area contributed by atoms with Gasteiger partial charge in [-0.25, -0.2) is 0 Å². The van der Waals surface area contributed by atoms with Crippen molar-refractivity contribution in [3.63, 3.8) is 0 Å². The predicted octanol–water partition coefficient (Wildman–Crippen LogP) is 4.49. The van der Waals surface area contributed by atoms with Crippen LogP contribution >= 0.6 is 0 Å².